The molecule has 9 heteroatoms. The molecule has 1 saturated heterocycles. The number of thiocarbonyl (C=S) groups is 1. The van der Waals surface area contributed by atoms with Gasteiger partial charge in [0.25, 0.3) is 0 Å². The highest BCUT2D eigenvalue weighted by Gasteiger charge is 2.42. The number of hydrogen-bond donors (Lipinski definition) is 1. The molecule has 1 amide bonds. The second-order valence-electron chi connectivity index (χ2n) is 3.73. The van der Waals surface area contributed by atoms with Gasteiger partial charge < -0.3 is 5.11 Å². The second-order valence-corrected chi connectivity index (χ2v) is 5.34. The summed E-state index contributed by atoms with van der Waals surface area (Å²) in [6.45, 7) is -0.596. The zero-order valence-corrected chi connectivity index (χ0v) is 10.7. The number of hydrogen-bond acceptors (Lipinski definition) is 4. The van der Waals surface area contributed by atoms with Gasteiger partial charge in [0.05, 0.1) is 11.7 Å². The Kier molecular flexibility index (Phi) is 4.97. The van der Waals surface area contributed by atoms with E-state index in [0.717, 1.165) is 16.7 Å². The molecule has 1 heterocycles. The van der Waals surface area contributed by atoms with Gasteiger partial charge in [-0.1, -0.05) is 24.0 Å². The molecule has 18 heavy (non-hydrogen) atoms. The number of thioether (sulfide) groups is 1. The van der Waals surface area contributed by atoms with Crippen molar-refractivity contribution in [1.82, 2.24) is 4.90 Å². The SMILES string of the molecule is O=C(O)CC[C@H](CN1C(=O)CSC1=S)C(F)(F)F. The van der Waals surface area contributed by atoms with Crippen molar-refractivity contribution in [3.63, 3.8) is 0 Å². The van der Waals surface area contributed by atoms with Crippen molar-refractivity contribution in [2.24, 2.45) is 5.92 Å². The first-order chi connectivity index (χ1) is 8.21. The minimum atomic E-state index is -4.54. The summed E-state index contributed by atoms with van der Waals surface area (Å²) >= 11 is 5.79. The van der Waals surface area contributed by atoms with Crippen LogP contribution in [0.25, 0.3) is 0 Å². The smallest absolute Gasteiger partial charge is 0.393 e. The Morgan fingerprint density at radius 1 is 1.56 bits per heavy atom. The summed E-state index contributed by atoms with van der Waals surface area (Å²) in [5.41, 5.74) is 0. The maximum Gasteiger partial charge on any atom is 0.393 e. The number of alkyl halides is 3. The number of amides is 1. The van der Waals surface area contributed by atoms with Crippen LogP contribution in [0, 0.1) is 5.92 Å². The first-order valence-electron chi connectivity index (χ1n) is 4.97. The number of carboxylic acids is 1. The van der Waals surface area contributed by atoms with Crippen molar-refractivity contribution in [3.8, 4) is 0 Å². The number of rotatable bonds is 5. The van der Waals surface area contributed by atoms with E-state index in [-0.39, 0.29) is 10.1 Å². The zero-order valence-electron chi connectivity index (χ0n) is 9.07. The lowest BCUT2D eigenvalue weighted by Gasteiger charge is -2.24. The van der Waals surface area contributed by atoms with E-state index >= 15 is 0 Å². The van der Waals surface area contributed by atoms with Crippen LogP contribution in [0.2, 0.25) is 0 Å². The molecule has 102 valence electrons. The Balaban J connectivity index is 2.69. The third-order valence-corrected chi connectivity index (χ3v) is 3.85. The number of aliphatic carboxylic acids is 1. The van der Waals surface area contributed by atoms with Crippen LogP contribution in [0.15, 0.2) is 0 Å². The topological polar surface area (TPSA) is 57.6 Å². The normalized spacial score (nSPS) is 18.3. The molecule has 0 unspecified atom stereocenters. The monoisotopic (exact) mass is 301 g/mol. The lowest BCUT2D eigenvalue weighted by molar-refractivity contribution is -0.180. The molecule has 1 atom stereocenters. The van der Waals surface area contributed by atoms with E-state index in [0.29, 0.717) is 0 Å². The Bertz CT molecular complexity index is 357. The summed E-state index contributed by atoms with van der Waals surface area (Å²) in [6.07, 6.45) is -5.69. The van der Waals surface area contributed by atoms with Gasteiger partial charge in [-0.3, -0.25) is 14.5 Å². The zero-order chi connectivity index (χ0) is 13.9. The predicted molar refractivity (Wildman–Crippen MR) is 63.2 cm³/mol. The molecule has 1 aliphatic heterocycles. The summed E-state index contributed by atoms with van der Waals surface area (Å²) in [5.74, 6) is -3.58. The average Bonchev–Trinajstić information content (AvgIpc) is 2.52. The molecule has 0 radical (unpaired) electrons. The van der Waals surface area contributed by atoms with Gasteiger partial charge in [0.1, 0.15) is 4.32 Å². The molecule has 0 aromatic rings. The van der Waals surface area contributed by atoms with Gasteiger partial charge >= 0.3 is 12.1 Å². The van der Waals surface area contributed by atoms with Crippen LogP contribution in [0.1, 0.15) is 12.8 Å². The van der Waals surface area contributed by atoms with Crippen molar-refractivity contribution >= 4 is 40.2 Å². The number of carbonyl (C=O) groups excluding carboxylic acids is 1. The summed E-state index contributed by atoms with van der Waals surface area (Å²) < 4.78 is 38.2. The molecular formula is C9H10F3NO3S2. The van der Waals surface area contributed by atoms with Crippen molar-refractivity contribution in [2.75, 3.05) is 12.3 Å². The first kappa shape index (κ1) is 15.2. The van der Waals surface area contributed by atoms with E-state index in [4.69, 9.17) is 17.3 Å². The maximum atomic E-state index is 12.7. The van der Waals surface area contributed by atoms with E-state index in [1.165, 1.54) is 0 Å². The Hall–Kier alpha value is -0.830. The largest absolute Gasteiger partial charge is 0.481 e. The fourth-order valence-electron chi connectivity index (χ4n) is 1.43. The first-order valence-corrected chi connectivity index (χ1v) is 6.37. The van der Waals surface area contributed by atoms with Crippen LogP contribution in [0.4, 0.5) is 13.2 Å². The van der Waals surface area contributed by atoms with Crippen LogP contribution in [-0.2, 0) is 9.59 Å². The summed E-state index contributed by atoms with van der Waals surface area (Å²) in [4.78, 5) is 22.5. The van der Waals surface area contributed by atoms with Crippen molar-refractivity contribution in [3.05, 3.63) is 0 Å². The molecule has 0 aliphatic carbocycles. The standard InChI is InChI=1S/C9H10F3NO3S2/c10-9(11,12)5(1-2-7(15)16)3-13-6(14)4-18-8(13)17/h5H,1-4H2,(H,15,16)/t5-/m1/s1. The molecule has 1 rings (SSSR count). The molecular weight excluding hydrogens is 291 g/mol. The van der Waals surface area contributed by atoms with E-state index in [2.05, 4.69) is 0 Å². The minimum absolute atomic E-state index is 0.0440. The van der Waals surface area contributed by atoms with Crippen LogP contribution < -0.4 is 0 Å². The molecule has 1 N–H and O–H groups in total. The Morgan fingerprint density at radius 3 is 2.56 bits per heavy atom. The quantitative estimate of drug-likeness (QED) is 0.786. The van der Waals surface area contributed by atoms with E-state index in [1.54, 1.807) is 0 Å². The van der Waals surface area contributed by atoms with Crippen molar-refractivity contribution in [1.29, 1.82) is 0 Å². The van der Waals surface area contributed by atoms with E-state index < -0.39 is 43.4 Å². The van der Waals surface area contributed by atoms with Crippen LogP contribution in [0.5, 0.6) is 0 Å². The number of carbonyl (C=O) groups is 2. The molecule has 0 bridgehead atoms. The predicted octanol–water partition coefficient (Wildman–Crippen LogP) is 1.89. The highest BCUT2D eigenvalue weighted by atomic mass is 32.2. The third kappa shape index (κ3) is 4.13. The summed E-state index contributed by atoms with van der Waals surface area (Å²) in [7, 11) is 0. The van der Waals surface area contributed by atoms with Crippen LogP contribution in [-0.4, -0.2) is 44.7 Å². The molecule has 0 aromatic heterocycles. The van der Waals surface area contributed by atoms with Gasteiger partial charge in [-0.2, -0.15) is 13.2 Å². The molecule has 1 fully saturated rings. The number of nitrogens with zero attached hydrogens (tertiary/aromatic N) is 1. The van der Waals surface area contributed by atoms with E-state index in [9.17, 15) is 22.8 Å². The number of halogens is 3. The van der Waals surface area contributed by atoms with Gasteiger partial charge in [0, 0.05) is 13.0 Å². The highest BCUT2D eigenvalue weighted by Crippen LogP contribution is 2.32. The molecule has 0 saturated carbocycles. The Labute approximate surface area is 111 Å². The molecule has 0 aromatic carbocycles. The van der Waals surface area contributed by atoms with Crippen molar-refractivity contribution in [2.45, 2.75) is 19.0 Å². The van der Waals surface area contributed by atoms with Gasteiger partial charge in [0.2, 0.25) is 5.91 Å². The van der Waals surface area contributed by atoms with Crippen LogP contribution >= 0.6 is 24.0 Å². The fraction of sp³-hybridized carbons (Fsp3) is 0.667. The van der Waals surface area contributed by atoms with E-state index in [1.807, 2.05) is 0 Å². The lowest BCUT2D eigenvalue weighted by atomic mass is 10.0. The molecule has 0 spiro atoms. The Morgan fingerprint density at radius 2 is 2.17 bits per heavy atom. The average molecular weight is 301 g/mol. The molecule has 4 nitrogen and oxygen atoms in total. The van der Waals surface area contributed by atoms with Gasteiger partial charge in [-0.05, 0) is 6.42 Å². The fourth-order valence-corrected chi connectivity index (χ4v) is 2.52. The van der Waals surface area contributed by atoms with Gasteiger partial charge in [-0.25, -0.2) is 0 Å². The maximum absolute atomic E-state index is 12.7. The lowest BCUT2D eigenvalue weighted by Crippen LogP contribution is -2.39. The van der Waals surface area contributed by atoms with Crippen molar-refractivity contribution < 1.29 is 27.9 Å². The second kappa shape index (κ2) is 5.87. The number of carboxylic acid groups (broad SMARTS) is 1. The van der Waals surface area contributed by atoms with Gasteiger partial charge in [-0.15, -0.1) is 0 Å². The third-order valence-electron chi connectivity index (χ3n) is 2.41. The summed E-state index contributed by atoms with van der Waals surface area (Å²) in [6, 6.07) is 0. The van der Waals surface area contributed by atoms with Crippen LogP contribution in [0.3, 0.4) is 0 Å². The van der Waals surface area contributed by atoms with Gasteiger partial charge in [0.15, 0.2) is 0 Å². The molecule has 1 aliphatic rings. The highest BCUT2D eigenvalue weighted by molar-refractivity contribution is 8.23. The summed E-state index contributed by atoms with van der Waals surface area (Å²) in [5, 5.41) is 8.42. The minimum Gasteiger partial charge on any atom is -0.481 e.